The van der Waals surface area contributed by atoms with Gasteiger partial charge in [-0.05, 0) is 30.7 Å². The van der Waals surface area contributed by atoms with Gasteiger partial charge in [0.1, 0.15) is 0 Å². The largest absolute Gasteiger partial charge is 0.394 e. The fourth-order valence-electron chi connectivity index (χ4n) is 2.84. The van der Waals surface area contributed by atoms with E-state index in [-0.39, 0.29) is 11.5 Å². The predicted molar refractivity (Wildman–Crippen MR) is 129 cm³/mol. The van der Waals surface area contributed by atoms with Crippen molar-refractivity contribution < 1.29 is 41.9 Å². The van der Waals surface area contributed by atoms with Crippen molar-refractivity contribution in [1.29, 1.82) is 0 Å². The average Bonchev–Trinajstić information content (AvgIpc) is 3.33. The normalized spacial score (nSPS) is 11.8. The molecule has 0 aliphatic heterocycles. The number of aliphatic hydroxyl groups excluding tert-OH is 1. The van der Waals surface area contributed by atoms with Gasteiger partial charge in [0.05, 0.1) is 90.8 Å². The van der Waals surface area contributed by atoms with E-state index in [0.29, 0.717) is 79.3 Å². The Morgan fingerprint density at radius 2 is 1.14 bits per heavy atom. The van der Waals surface area contributed by atoms with Crippen molar-refractivity contribution in [2.45, 2.75) is 18.4 Å². The molecule has 0 amide bonds. The Balaban J connectivity index is 1.42. The lowest BCUT2D eigenvalue weighted by atomic mass is 10.2. The molecular formula is C24H37NO9S. The predicted octanol–water partition coefficient (Wildman–Crippen LogP) is 1.63. The van der Waals surface area contributed by atoms with Gasteiger partial charge in [0.2, 0.25) is 0 Å². The van der Waals surface area contributed by atoms with Crippen LogP contribution in [0.3, 0.4) is 0 Å². The minimum absolute atomic E-state index is 0.0166. The van der Waals surface area contributed by atoms with Crippen molar-refractivity contribution in [3.8, 4) is 0 Å². The van der Waals surface area contributed by atoms with Crippen molar-refractivity contribution in [3.63, 3.8) is 0 Å². The first-order valence-corrected chi connectivity index (χ1v) is 13.0. The van der Waals surface area contributed by atoms with E-state index >= 15 is 0 Å². The first-order chi connectivity index (χ1) is 17.0. The molecule has 198 valence electrons. The number of rotatable bonds is 21. The van der Waals surface area contributed by atoms with Gasteiger partial charge in [-0.2, -0.15) is 0 Å². The Hall–Kier alpha value is -1.83. The van der Waals surface area contributed by atoms with Gasteiger partial charge in [0, 0.05) is 12.4 Å². The Morgan fingerprint density at radius 1 is 0.686 bits per heavy atom. The van der Waals surface area contributed by atoms with Crippen molar-refractivity contribution in [2.24, 2.45) is 0 Å². The first kappa shape index (κ1) is 29.4. The minimum Gasteiger partial charge on any atom is -0.394 e. The number of hydrogen-bond donors (Lipinski definition) is 1. The minimum atomic E-state index is -3.60. The molecule has 0 saturated carbocycles. The van der Waals surface area contributed by atoms with Crippen LogP contribution in [0.2, 0.25) is 0 Å². The van der Waals surface area contributed by atoms with E-state index in [2.05, 4.69) is 0 Å². The van der Waals surface area contributed by atoms with Crippen molar-refractivity contribution in [2.75, 3.05) is 79.3 Å². The summed E-state index contributed by atoms with van der Waals surface area (Å²) in [7, 11) is -3.60. The second kappa shape index (κ2) is 17.6. The molecule has 0 unspecified atom stereocenters. The zero-order valence-electron chi connectivity index (χ0n) is 20.3. The molecule has 10 nitrogen and oxygen atoms in total. The number of aryl methyl sites for hydroxylation is 1. The average molecular weight is 516 g/mol. The fourth-order valence-corrected chi connectivity index (χ4v) is 4.06. The maximum absolute atomic E-state index is 12.7. The van der Waals surface area contributed by atoms with Gasteiger partial charge in [-0.1, -0.05) is 17.7 Å². The van der Waals surface area contributed by atoms with Crippen LogP contribution in [0.25, 0.3) is 0 Å². The highest BCUT2D eigenvalue weighted by Crippen LogP contribution is 2.16. The van der Waals surface area contributed by atoms with Crippen molar-refractivity contribution >= 4 is 10.0 Å². The van der Waals surface area contributed by atoms with E-state index in [1.807, 2.05) is 6.92 Å². The number of nitrogens with zero attached hydrogens (tertiary/aromatic N) is 1. The molecule has 0 atom stereocenters. The Bertz CT molecular complexity index is 900. The molecule has 1 aromatic carbocycles. The second-order valence-corrected chi connectivity index (χ2v) is 9.35. The molecule has 35 heavy (non-hydrogen) atoms. The summed E-state index contributed by atoms with van der Waals surface area (Å²) in [5, 5.41) is 8.56. The fraction of sp³-hybridized carbons (Fsp3) is 0.583. The van der Waals surface area contributed by atoms with Gasteiger partial charge in [-0.15, -0.1) is 0 Å². The van der Waals surface area contributed by atoms with E-state index in [0.717, 1.165) is 11.1 Å². The van der Waals surface area contributed by atoms with Crippen LogP contribution in [-0.2, 0) is 45.1 Å². The van der Waals surface area contributed by atoms with Gasteiger partial charge in [0.25, 0.3) is 10.0 Å². The third kappa shape index (κ3) is 12.1. The van der Waals surface area contributed by atoms with Gasteiger partial charge in [-0.3, -0.25) is 0 Å². The smallest absolute Gasteiger partial charge is 0.267 e. The molecule has 0 aliphatic rings. The highest BCUT2D eigenvalue weighted by molar-refractivity contribution is 7.90. The molecule has 1 aromatic heterocycles. The van der Waals surface area contributed by atoms with Crippen molar-refractivity contribution in [1.82, 2.24) is 3.97 Å². The van der Waals surface area contributed by atoms with Crippen LogP contribution in [-0.4, -0.2) is 96.8 Å². The van der Waals surface area contributed by atoms with Crippen LogP contribution in [0, 0.1) is 6.92 Å². The molecule has 0 bridgehead atoms. The lowest BCUT2D eigenvalue weighted by Gasteiger charge is -2.08. The quantitative estimate of drug-likeness (QED) is 0.248. The molecule has 11 heteroatoms. The van der Waals surface area contributed by atoms with Crippen LogP contribution in [0.15, 0.2) is 47.6 Å². The monoisotopic (exact) mass is 515 g/mol. The molecule has 0 radical (unpaired) electrons. The number of hydrogen-bond acceptors (Lipinski definition) is 9. The highest BCUT2D eigenvalue weighted by Gasteiger charge is 2.16. The Morgan fingerprint density at radius 3 is 1.63 bits per heavy atom. The van der Waals surface area contributed by atoms with Crippen LogP contribution >= 0.6 is 0 Å². The van der Waals surface area contributed by atoms with Crippen LogP contribution in [0.5, 0.6) is 0 Å². The molecule has 0 fully saturated rings. The zero-order chi connectivity index (χ0) is 25.2. The van der Waals surface area contributed by atoms with Gasteiger partial charge < -0.3 is 33.5 Å². The number of benzene rings is 1. The third-order valence-electron chi connectivity index (χ3n) is 4.69. The molecule has 2 aromatic rings. The van der Waals surface area contributed by atoms with E-state index in [1.165, 1.54) is 10.2 Å². The molecule has 1 N–H and O–H groups in total. The zero-order valence-corrected chi connectivity index (χ0v) is 21.1. The van der Waals surface area contributed by atoms with Crippen LogP contribution in [0.1, 0.15) is 11.1 Å². The lowest BCUT2D eigenvalue weighted by molar-refractivity contribution is -0.0190. The first-order valence-electron chi connectivity index (χ1n) is 11.6. The van der Waals surface area contributed by atoms with E-state index in [4.69, 9.17) is 33.5 Å². The summed E-state index contributed by atoms with van der Waals surface area (Å²) >= 11 is 0. The summed E-state index contributed by atoms with van der Waals surface area (Å²) in [6, 6.07) is 8.48. The second-order valence-electron chi connectivity index (χ2n) is 7.51. The summed E-state index contributed by atoms with van der Waals surface area (Å²) in [5.41, 5.74) is 1.77. The summed E-state index contributed by atoms with van der Waals surface area (Å²) in [6.07, 6.45) is 3.08. The maximum Gasteiger partial charge on any atom is 0.267 e. The lowest BCUT2D eigenvalue weighted by Crippen LogP contribution is -2.14. The van der Waals surface area contributed by atoms with Crippen LogP contribution in [0.4, 0.5) is 0 Å². The molecule has 1 heterocycles. The summed E-state index contributed by atoms with van der Waals surface area (Å²) in [5.74, 6) is 0. The van der Waals surface area contributed by atoms with E-state index < -0.39 is 10.0 Å². The van der Waals surface area contributed by atoms with Crippen molar-refractivity contribution in [3.05, 3.63) is 53.9 Å². The molecule has 0 aliphatic carbocycles. The number of aromatic nitrogens is 1. The van der Waals surface area contributed by atoms with E-state index in [1.54, 1.807) is 36.5 Å². The third-order valence-corrected chi connectivity index (χ3v) is 6.34. The molecule has 0 saturated heterocycles. The standard InChI is InChI=1S/C24H37NO9S/c1-22-2-4-24(5-3-22)35(27,28)25-7-6-23(20-25)21-34-19-18-33-17-16-32-15-14-31-13-12-30-11-10-29-9-8-26/h2-7,20,26H,8-19,21H2,1H3. The maximum atomic E-state index is 12.7. The Labute approximate surface area is 207 Å². The SMILES string of the molecule is Cc1ccc(S(=O)(=O)n2ccc(COCCOCCOCCOCCOCCOCCO)c2)cc1. The topological polar surface area (TPSA) is 115 Å². The summed E-state index contributed by atoms with van der Waals surface area (Å²) in [4.78, 5) is 0.249. The number of ether oxygens (including phenoxy) is 6. The summed E-state index contributed by atoms with van der Waals surface area (Å²) < 4.78 is 58.7. The highest BCUT2D eigenvalue weighted by atomic mass is 32.2. The molecular weight excluding hydrogens is 478 g/mol. The van der Waals surface area contributed by atoms with E-state index in [9.17, 15) is 8.42 Å². The number of aliphatic hydroxyl groups is 1. The summed E-state index contributed by atoms with van der Waals surface area (Å²) in [6.45, 7) is 7.13. The van der Waals surface area contributed by atoms with Gasteiger partial charge in [0.15, 0.2) is 0 Å². The Kier molecular flexibility index (Phi) is 14.8. The molecule has 2 rings (SSSR count). The molecule has 0 spiro atoms. The van der Waals surface area contributed by atoms with Gasteiger partial charge in [-0.25, -0.2) is 12.4 Å². The van der Waals surface area contributed by atoms with Gasteiger partial charge >= 0.3 is 0 Å². The van der Waals surface area contributed by atoms with Crippen LogP contribution < -0.4 is 0 Å².